The molecule has 1 amide bonds. The summed E-state index contributed by atoms with van der Waals surface area (Å²) in [5.74, 6) is -0.364. The molecule has 1 saturated heterocycles. The van der Waals surface area contributed by atoms with Crippen molar-refractivity contribution in [3.8, 4) is 11.3 Å². The van der Waals surface area contributed by atoms with Crippen LogP contribution in [0.1, 0.15) is 25.6 Å². The van der Waals surface area contributed by atoms with Gasteiger partial charge in [-0.2, -0.15) is 0 Å². The average Bonchev–Trinajstić information content (AvgIpc) is 3.18. The first-order chi connectivity index (χ1) is 16.8. The van der Waals surface area contributed by atoms with Crippen molar-refractivity contribution in [3.05, 3.63) is 53.9 Å². The van der Waals surface area contributed by atoms with Crippen LogP contribution in [-0.4, -0.2) is 50.3 Å². The van der Waals surface area contributed by atoms with Crippen LogP contribution in [0.2, 0.25) is 0 Å². The van der Waals surface area contributed by atoms with E-state index in [1.165, 1.54) is 6.07 Å². The SMILES string of the molecule is Cc1cc2c(F)cc(-c3nc(Nc4ccc(N5CCNCC5=O)nn4)ncc3F)cc2n1C(C)C. The maximum Gasteiger partial charge on any atom is 0.242 e. The standard InChI is InChI=1S/C24H24F2N8O/c1-13(2)34-14(3)8-16-17(25)9-15(10-19(16)34)23-18(26)11-28-24(30-23)29-20-4-5-21(32-31-20)33-7-6-27-12-22(33)35/h4-5,8-11,13,27H,6-7,12H2,1-3H3,(H,28,29,30,31). The number of aryl methyl sites for hydroxylation is 1. The monoisotopic (exact) mass is 478 g/mol. The highest BCUT2D eigenvalue weighted by molar-refractivity contribution is 5.94. The Morgan fingerprint density at radius 3 is 2.66 bits per heavy atom. The lowest BCUT2D eigenvalue weighted by Gasteiger charge is -2.25. The highest BCUT2D eigenvalue weighted by atomic mass is 19.1. The number of hydrogen-bond acceptors (Lipinski definition) is 7. The Morgan fingerprint density at radius 1 is 1.11 bits per heavy atom. The van der Waals surface area contributed by atoms with Gasteiger partial charge in [-0.15, -0.1) is 10.2 Å². The third-order valence-corrected chi connectivity index (χ3v) is 5.89. The van der Waals surface area contributed by atoms with Crippen molar-refractivity contribution < 1.29 is 13.6 Å². The van der Waals surface area contributed by atoms with Gasteiger partial charge >= 0.3 is 0 Å². The molecule has 0 aliphatic carbocycles. The molecule has 11 heteroatoms. The molecule has 1 aliphatic rings. The predicted octanol–water partition coefficient (Wildman–Crippen LogP) is 3.74. The smallest absolute Gasteiger partial charge is 0.242 e. The van der Waals surface area contributed by atoms with Crippen LogP contribution in [-0.2, 0) is 4.79 Å². The van der Waals surface area contributed by atoms with Crippen molar-refractivity contribution in [2.75, 3.05) is 29.9 Å². The van der Waals surface area contributed by atoms with Crippen LogP contribution in [0.25, 0.3) is 22.2 Å². The minimum absolute atomic E-state index is 0.0338. The maximum absolute atomic E-state index is 14.9. The van der Waals surface area contributed by atoms with E-state index in [1.807, 2.05) is 25.3 Å². The molecule has 4 heterocycles. The Labute approximate surface area is 200 Å². The third kappa shape index (κ3) is 4.30. The van der Waals surface area contributed by atoms with Crippen LogP contribution < -0.4 is 15.5 Å². The second-order valence-corrected chi connectivity index (χ2v) is 8.65. The number of aromatic nitrogens is 5. The lowest BCUT2D eigenvalue weighted by molar-refractivity contribution is -0.118. The third-order valence-electron chi connectivity index (χ3n) is 5.89. The van der Waals surface area contributed by atoms with E-state index >= 15 is 0 Å². The Morgan fingerprint density at radius 2 is 1.94 bits per heavy atom. The van der Waals surface area contributed by atoms with Gasteiger partial charge in [0.1, 0.15) is 11.5 Å². The molecule has 5 rings (SSSR count). The summed E-state index contributed by atoms with van der Waals surface area (Å²) >= 11 is 0. The molecule has 0 saturated carbocycles. The van der Waals surface area contributed by atoms with Crippen molar-refractivity contribution >= 4 is 34.4 Å². The summed E-state index contributed by atoms with van der Waals surface area (Å²) < 4.78 is 31.7. The van der Waals surface area contributed by atoms with E-state index in [0.717, 1.165) is 11.9 Å². The Kier molecular flexibility index (Phi) is 5.85. The van der Waals surface area contributed by atoms with Crippen LogP contribution in [0, 0.1) is 18.6 Å². The zero-order valence-electron chi connectivity index (χ0n) is 19.5. The molecule has 2 N–H and O–H groups in total. The van der Waals surface area contributed by atoms with Gasteiger partial charge in [0.25, 0.3) is 0 Å². The molecule has 0 bridgehead atoms. The van der Waals surface area contributed by atoms with Crippen molar-refractivity contribution in [3.63, 3.8) is 0 Å². The average molecular weight is 479 g/mol. The minimum atomic E-state index is -0.674. The number of fused-ring (bicyclic) bond motifs is 1. The Hall–Kier alpha value is -3.99. The summed E-state index contributed by atoms with van der Waals surface area (Å²) in [6.07, 6.45) is 1.03. The molecule has 1 aromatic carbocycles. The number of carbonyl (C=O) groups excluding carboxylic acids is 1. The number of hydrogen-bond donors (Lipinski definition) is 2. The van der Waals surface area contributed by atoms with Gasteiger partial charge in [0, 0.05) is 35.8 Å². The van der Waals surface area contributed by atoms with Crippen LogP contribution >= 0.6 is 0 Å². The molecule has 35 heavy (non-hydrogen) atoms. The number of piperazine rings is 1. The van der Waals surface area contributed by atoms with Crippen LogP contribution in [0.4, 0.5) is 26.4 Å². The largest absolute Gasteiger partial charge is 0.342 e. The molecule has 180 valence electrons. The van der Waals surface area contributed by atoms with Gasteiger partial charge in [0.05, 0.1) is 18.3 Å². The predicted molar refractivity (Wildman–Crippen MR) is 129 cm³/mol. The number of halogens is 2. The Balaban J connectivity index is 1.45. The van der Waals surface area contributed by atoms with E-state index in [2.05, 4.69) is 30.8 Å². The summed E-state index contributed by atoms with van der Waals surface area (Å²) in [5, 5.41) is 14.6. The van der Waals surface area contributed by atoms with Crippen LogP contribution in [0.3, 0.4) is 0 Å². The summed E-state index contributed by atoms with van der Waals surface area (Å²) in [4.78, 5) is 21.9. The molecule has 3 aromatic heterocycles. The molecule has 4 aromatic rings. The van der Waals surface area contributed by atoms with Gasteiger partial charge in [-0.3, -0.25) is 9.69 Å². The minimum Gasteiger partial charge on any atom is -0.342 e. The van der Waals surface area contributed by atoms with Crippen LogP contribution in [0.15, 0.2) is 36.5 Å². The van der Waals surface area contributed by atoms with Gasteiger partial charge in [-0.1, -0.05) is 0 Å². The van der Waals surface area contributed by atoms with Crippen molar-refractivity contribution in [2.45, 2.75) is 26.8 Å². The van der Waals surface area contributed by atoms with Gasteiger partial charge < -0.3 is 15.2 Å². The Bertz CT molecular complexity index is 1420. The number of anilines is 3. The summed E-state index contributed by atoms with van der Waals surface area (Å²) in [6, 6.07) is 8.20. The van der Waals surface area contributed by atoms with Crippen molar-refractivity contribution in [1.29, 1.82) is 0 Å². The zero-order valence-corrected chi connectivity index (χ0v) is 19.5. The summed E-state index contributed by atoms with van der Waals surface area (Å²) in [5.41, 5.74) is 1.86. The van der Waals surface area contributed by atoms with Crippen molar-refractivity contribution in [2.24, 2.45) is 0 Å². The first kappa shape index (κ1) is 22.8. The van der Waals surface area contributed by atoms with Gasteiger partial charge in [0.2, 0.25) is 11.9 Å². The fraction of sp³-hybridized carbons (Fsp3) is 0.292. The molecule has 1 aliphatic heterocycles. The highest BCUT2D eigenvalue weighted by Gasteiger charge is 2.21. The normalized spacial score (nSPS) is 14.2. The zero-order chi connectivity index (χ0) is 24.7. The van der Waals surface area contributed by atoms with Gasteiger partial charge in [0.15, 0.2) is 17.5 Å². The van der Waals surface area contributed by atoms with E-state index in [1.54, 1.807) is 29.2 Å². The summed E-state index contributed by atoms with van der Waals surface area (Å²) in [6.45, 7) is 7.36. The van der Waals surface area contributed by atoms with Crippen LogP contribution in [0.5, 0.6) is 0 Å². The van der Waals surface area contributed by atoms with Gasteiger partial charge in [-0.25, -0.2) is 18.7 Å². The molecule has 0 spiro atoms. The maximum atomic E-state index is 14.9. The topological polar surface area (TPSA) is 101 Å². The van der Waals surface area contributed by atoms with E-state index in [-0.39, 0.29) is 30.1 Å². The van der Waals surface area contributed by atoms with E-state index < -0.39 is 11.6 Å². The number of nitrogens with zero attached hydrogens (tertiary/aromatic N) is 6. The summed E-state index contributed by atoms with van der Waals surface area (Å²) in [7, 11) is 0. The fourth-order valence-electron chi connectivity index (χ4n) is 4.36. The fourth-order valence-corrected chi connectivity index (χ4v) is 4.36. The molecule has 0 radical (unpaired) electrons. The molecule has 9 nitrogen and oxygen atoms in total. The molecular weight excluding hydrogens is 454 g/mol. The quantitative estimate of drug-likeness (QED) is 0.451. The van der Waals surface area contributed by atoms with E-state index in [4.69, 9.17) is 0 Å². The first-order valence-electron chi connectivity index (χ1n) is 11.3. The lowest BCUT2D eigenvalue weighted by Crippen LogP contribution is -2.48. The van der Waals surface area contributed by atoms with E-state index in [0.29, 0.717) is 41.2 Å². The number of rotatable bonds is 5. The van der Waals surface area contributed by atoms with Gasteiger partial charge in [-0.05, 0) is 51.1 Å². The molecule has 1 fully saturated rings. The lowest BCUT2D eigenvalue weighted by atomic mass is 10.1. The molecular formula is C24H24F2N8O. The van der Waals surface area contributed by atoms with E-state index in [9.17, 15) is 13.6 Å². The number of carbonyl (C=O) groups is 1. The van der Waals surface area contributed by atoms with Crippen molar-refractivity contribution in [1.82, 2.24) is 30.0 Å². The second-order valence-electron chi connectivity index (χ2n) is 8.65. The molecule has 0 atom stereocenters. The highest BCUT2D eigenvalue weighted by Crippen LogP contribution is 2.32. The number of nitrogens with one attached hydrogen (secondary N) is 2. The molecule has 0 unspecified atom stereocenters. The first-order valence-corrected chi connectivity index (χ1v) is 11.3. The number of amides is 1. The second kappa shape index (κ2) is 8.99. The number of benzene rings is 1.